The first kappa shape index (κ1) is 24.6. The van der Waals surface area contributed by atoms with Crippen LogP contribution in [0.1, 0.15) is 44.2 Å². The standard InChI is InChI=1S/C28H35NO4/c1-7-25(21-9-8-10-23(30)16-21)18(2)26(29(4)5)28(3,27(31)32)22-13-11-20-17-24(33-6)14-12-19(20)15-22/h8-18,25-26,30H,7H2,1-6H3,(H,31,32). The highest BCUT2D eigenvalue weighted by molar-refractivity contribution is 5.88. The Hall–Kier alpha value is -3.05. The molecule has 0 heterocycles. The first-order valence-electron chi connectivity index (χ1n) is 11.4. The predicted octanol–water partition coefficient (Wildman–Crippen LogP) is 5.66. The highest BCUT2D eigenvalue weighted by Gasteiger charge is 2.48. The highest BCUT2D eigenvalue weighted by atomic mass is 16.5. The fraction of sp³-hybridized carbons (Fsp3) is 0.393. The Balaban J connectivity index is 2.12. The molecule has 0 radical (unpaired) electrons. The van der Waals surface area contributed by atoms with Crippen molar-refractivity contribution in [3.8, 4) is 11.5 Å². The zero-order valence-electron chi connectivity index (χ0n) is 20.4. The molecule has 5 heteroatoms. The highest BCUT2D eigenvalue weighted by Crippen LogP contribution is 2.42. The van der Waals surface area contributed by atoms with E-state index >= 15 is 0 Å². The molecule has 33 heavy (non-hydrogen) atoms. The fourth-order valence-electron chi connectivity index (χ4n) is 5.49. The summed E-state index contributed by atoms with van der Waals surface area (Å²) >= 11 is 0. The van der Waals surface area contributed by atoms with Gasteiger partial charge >= 0.3 is 5.97 Å². The molecule has 5 nitrogen and oxygen atoms in total. The Bertz CT molecular complexity index is 1130. The second-order valence-corrected chi connectivity index (χ2v) is 9.31. The Morgan fingerprint density at radius 3 is 2.30 bits per heavy atom. The minimum atomic E-state index is -1.15. The smallest absolute Gasteiger partial charge is 0.315 e. The van der Waals surface area contributed by atoms with Crippen LogP contribution in [0.25, 0.3) is 10.8 Å². The van der Waals surface area contributed by atoms with Crippen LogP contribution in [0.2, 0.25) is 0 Å². The van der Waals surface area contributed by atoms with Gasteiger partial charge in [-0.1, -0.05) is 44.2 Å². The van der Waals surface area contributed by atoms with Crippen molar-refractivity contribution >= 4 is 16.7 Å². The lowest BCUT2D eigenvalue weighted by Crippen LogP contribution is -2.55. The molecule has 0 amide bonds. The quantitative estimate of drug-likeness (QED) is 0.441. The predicted molar refractivity (Wildman–Crippen MR) is 133 cm³/mol. The molecule has 0 aliphatic rings. The normalized spacial score (nSPS) is 16.2. The summed E-state index contributed by atoms with van der Waals surface area (Å²) in [6, 6.07) is 18.7. The SMILES string of the molecule is CCC(c1cccc(O)c1)C(C)C(N(C)C)C(C)(C(=O)O)c1ccc2cc(OC)ccc2c1. The van der Waals surface area contributed by atoms with Crippen LogP contribution < -0.4 is 4.74 Å². The summed E-state index contributed by atoms with van der Waals surface area (Å²) in [5.74, 6) is 0.234. The maximum absolute atomic E-state index is 12.9. The number of aromatic hydroxyl groups is 1. The molecule has 0 aliphatic heterocycles. The third kappa shape index (κ3) is 4.69. The molecule has 4 unspecified atom stereocenters. The monoisotopic (exact) mass is 449 g/mol. The lowest BCUT2D eigenvalue weighted by molar-refractivity contribution is -0.147. The molecule has 0 aromatic heterocycles. The number of likely N-dealkylation sites (N-methyl/N-ethyl adjacent to an activating group) is 1. The van der Waals surface area contributed by atoms with Crippen molar-refractivity contribution in [3.63, 3.8) is 0 Å². The van der Waals surface area contributed by atoms with Crippen molar-refractivity contribution in [1.82, 2.24) is 4.90 Å². The van der Waals surface area contributed by atoms with E-state index in [1.54, 1.807) is 19.2 Å². The Morgan fingerprint density at radius 2 is 1.73 bits per heavy atom. The molecule has 3 aromatic carbocycles. The fourth-order valence-corrected chi connectivity index (χ4v) is 5.49. The third-order valence-electron chi connectivity index (χ3n) is 7.11. The van der Waals surface area contributed by atoms with E-state index in [-0.39, 0.29) is 23.6 Å². The van der Waals surface area contributed by atoms with Crippen molar-refractivity contribution in [2.45, 2.75) is 44.6 Å². The van der Waals surface area contributed by atoms with Gasteiger partial charge in [0.15, 0.2) is 0 Å². The number of carboxylic acids is 1. The van der Waals surface area contributed by atoms with Crippen LogP contribution in [-0.2, 0) is 10.2 Å². The number of carbonyl (C=O) groups is 1. The van der Waals surface area contributed by atoms with Crippen molar-refractivity contribution in [2.24, 2.45) is 5.92 Å². The van der Waals surface area contributed by atoms with E-state index in [4.69, 9.17) is 4.74 Å². The van der Waals surface area contributed by atoms with Crippen LogP contribution in [0.4, 0.5) is 0 Å². The molecule has 4 atom stereocenters. The van der Waals surface area contributed by atoms with E-state index < -0.39 is 11.4 Å². The number of phenols is 1. The van der Waals surface area contributed by atoms with E-state index in [1.165, 1.54) is 0 Å². The van der Waals surface area contributed by atoms with E-state index in [0.717, 1.165) is 34.1 Å². The topological polar surface area (TPSA) is 70.0 Å². The van der Waals surface area contributed by atoms with Crippen molar-refractivity contribution in [3.05, 3.63) is 71.8 Å². The zero-order valence-corrected chi connectivity index (χ0v) is 20.4. The number of aliphatic carboxylic acids is 1. The van der Waals surface area contributed by atoms with E-state index in [1.807, 2.05) is 74.4 Å². The zero-order chi connectivity index (χ0) is 24.3. The Kier molecular flexibility index (Phi) is 7.33. The van der Waals surface area contributed by atoms with Crippen LogP contribution >= 0.6 is 0 Å². The van der Waals surface area contributed by atoms with Crippen molar-refractivity contribution < 1.29 is 19.7 Å². The minimum Gasteiger partial charge on any atom is -0.508 e. The van der Waals surface area contributed by atoms with Gasteiger partial charge < -0.3 is 19.8 Å². The van der Waals surface area contributed by atoms with E-state index in [2.05, 4.69) is 13.8 Å². The molecular formula is C28H35NO4. The van der Waals surface area contributed by atoms with Gasteiger partial charge in [0.05, 0.1) is 7.11 Å². The largest absolute Gasteiger partial charge is 0.508 e. The van der Waals surface area contributed by atoms with Gasteiger partial charge in [-0.3, -0.25) is 4.79 Å². The molecule has 0 saturated heterocycles. The van der Waals surface area contributed by atoms with Crippen LogP contribution in [0, 0.1) is 5.92 Å². The number of benzene rings is 3. The first-order chi connectivity index (χ1) is 15.6. The second-order valence-electron chi connectivity index (χ2n) is 9.31. The average molecular weight is 450 g/mol. The minimum absolute atomic E-state index is 0.000496. The van der Waals surface area contributed by atoms with Crippen LogP contribution in [0.15, 0.2) is 60.7 Å². The van der Waals surface area contributed by atoms with E-state index in [0.29, 0.717) is 0 Å². The average Bonchev–Trinajstić information content (AvgIpc) is 2.78. The molecule has 0 saturated carbocycles. The maximum atomic E-state index is 12.9. The van der Waals surface area contributed by atoms with Crippen LogP contribution in [0.5, 0.6) is 11.5 Å². The number of ether oxygens (including phenoxy) is 1. The van der Waals surface area contributed by atoms with E-state index in [9.17, 15) is 15.0 Å². The van der Waals surface area contributed by atoms with Gasteiger partial charge in [0.1, 0.15) is 16.9 Å². The molecule has 0 fully saturated rings. The lowest BCUT2D eigenvalue weighted by Gasteiger charge is -2.45. The molecule has 0 bridgehead atoms. The molecule has 0 spiro atoms. The van der Waals surface area contributed by atoms with Gasteiger partial charge in [0.25, 0.3) is 0 Å². The van der Waals surface area contributed by atoms with Gasteiger partial charge in [-0.2, -0.15) is 0 Å². The summed E-state index contributed by atoms with van der Waals surface area (Å²) in [4.78, 5) is 15.0. The maximum Gasteiger partial charge on any atom is 0.315 e. The third-order valence-corrected chi connectivity index (χ3v) is 7.11. The lowest BCUT2D eigenvalue weighted by atomic mass is 9.66. The Morgan fingerprint density at radius 1 is 1.06 bits per heavy atom. The van der Waals surface area contributed by atoms with Gasteiger partial charge in [0.2, 0.25) is 0 Å². The number of carboxylic acid groups (broad SMARTS) is 1. The number of rotatable bonds is 9. The summed E-state index contributed by atoms with van der Waals surface area (Å²) in [6.07, 6.45) is 0.835. The number of methoxy groups -OCH3 is 1. The molecule has 176 valence electrons. The number of fused-ring (bicyclic) bond motifs is 1. The molecule has 3 aromatic rings. The summed E-state index contributed by atoms with van der Waals surface area (Å²) in [5, 5.41) is 22.6. The van der Waals surface area contributed by atoms with Gasteiger partial charge in [0, 0.05) is 6.04 Å². The molecular weight excluding hydrogens is 414 g/mol. The molecule has 0 aliphatic carbocycles. The van der Waals surface area contributed by atoms with Gasteiger partial charge in [-0.15, -0.1) is 0 Å². The van der Waals surface area contributed by atoms with Crippen molar-refractivity contribution in [2.75, 3.05) is 21.2 Å². The molecule has 2 N–H and O–H groups in total. The number of phenolic OH excluding ortho intramolecular Hbond substituents is 1. The molecule has 3 rings (SSSR count). The van der Waals surface area contributed by atoms with Crippen molar-refractivity contribution in [1.29, 1.82) is 0 Å². The van der Waals surface area contributed by atoms with Gasteiger partial charge in [-0.25, -0.2) is 0 Å². The first-order valence-corrected chi connectivity index (χ1v) is 11.4. The summed E-state index contributed by atoms with van der Waals surface area (Å²) in [5.41, 5.74) is 0.639. The summed E-state index contributed by atoms with van der Waals surface area (Å²) < 4.78 is 5.33. The number of nitrogens with zero attached hydrogens (tertiary/aromatic N) is 1. The second kappa shape index (κ2) is 9.84. The van der Waals surface area contributed by atoms with Crippen LogP contribution in [-0.4, -0.2) is 48.3 Å². The summed E-state index contributed by atoms with van der Waals surface area (Å²) in [7, 11) is 5.53. The van der Waals surface area contributed by atoms with Crippen LogP contribution in [0.3, 0.4) is 0 Å². The number of hydrogen-bond donors (Lipinski definition) is 2. The number of hydrogen-bond acceptors (Lipinski definition) is 4. The Labute approximate surface area is 196 Å². The summed E-state index contributed by atoms with van der Waals surface area (Å²) in [6.45, 7) is 6.06. The van der Waals surface area contributed by atoms with Gasteiger partial charge in [-0.05, 0) is 91.5 Å².